The lowest BCUT2D eigenvalue weighted by Gasteiger charge is -2.21. The lowest BCUT2D eigenvalue weighted by atomic mass is 10.0. The van der Waals surface area contributed by atoms with Crippen LogP contribution >= 0.6 is 7.14 Å². The predicted octanol–water partition coefficient (Wildman–Crippen LogP) is 8.40. The lowest BCUT2D eigenvalue weighted by Crippen LogP contribution is -2.23. The monoisotopic (exact) mass is 552 g/mol. The van der Waals surface area contributed by atoms with E-state index in [1.54, 1.807) is 37.3 Å². The van der Waals surface area contributed by atoms with E-state index in [2.05, 4.69) is 0 Å². The van der Waals surface area contributed by atoms with Crippen LogP contribution in [0.1, 0.15) is 76.9 Å². The third-order valence-electron chi connectivity index (χ3n) is 6.90. The molecular formula is C35H37O4P. The van der Waals surface area contributed by atoms with Gasteiger partial charge in [0.15, 0.2) is 5.78 Å². The largest absolute Gasteiger partial charge is 0.302 e. The van der Waals surface area contributed by atoms with Crippen molar-refractivity contribution < 1.29 is 18.9 Å². The van der Waals surface area contributed by atoms with E-state index >= 15 is 0 Å². The Kier molecular flexibility index (Phi) is 9.60. The van der Waals surface area contributed by atoms with E-state index in [1.807, 2.05) is 97.0 Å². The molecule has 0 bridgehead atoms. The van der Waals surface area contributed by atoms with Crippen molar-refractivity contribution >= 4 is 29.3 Å². The maximum absolute atomic E-state index is 14.5. The summed E-state index contributed by atoms with van der Waals surface area (Å²) in [5.41, 5.74) is 6.48. The van der Waals surface area contributed by atoms with Gasteiger partial charge in [0.1, 0.15) is 0 Å². The summed E-state index contributed by atoms with van der Waals surface area (Å²) in [4.78, 5) is 38.5. The summed E-state index contributed by atoms with van der Waals surface area (Å²) in [5, 5.41) is 0.277. The number of ketones is 1. The molecule has 0 saturated carbocycles. The molecule has 0 radical (unpaired) electrons. The molecule has 206 valence electrons. The first-order valence-electron chi connectivity index (χ1n) is 13.3. The second kappa shape index (κ2) is 12.5. The van der Waals surface area contributed by atoms with E-state index < -0.39 is 18.2 Å². The first-order valence-corrected chi connectivity index (χ1v) is 15.0. The summed E-state index contributed by atoms with van der Waals surface area (Å²) >= 11 is 0. The molecule has 0 spiro atoms. The molecule has 0 aliphatic carbocycles. The Hall–Kier alpha value is -3.88. The number of Topliss-reactive ketones (excluding diaryl/α,β-unsaturated/α-hetero) is 1. The van der Waals surface area contributed by atoms with Crippen molar-refractivity contribution in [2.24, 2.45) is 0 Å². The number of aryl methyl sites for hydroxylation is 7. The van der Waals surface area contributed by atoms with Gasteiger partial charge in [0, 0.05) is 22.0 Å². The first-order chi connectivity index (χ1) is 18.8. The van der Waals surface area contributed by atoms with Gasteiger partial charge in [-0.25, -0.2) is 0 Å². The normalized spacial score (nSPS) is 10.9. The molecule has 4 nitrogen and oxygen atoms in total. The van der Waals surface area contributed by atoms with Crippen LogP contribution in [0, 0.1) is 48.5 Å². The predicted molar refractivity (Wildman–Crippen MR) is 165 cm³/mol. The Labute approximate surface area is 237 Å². The zero-order valence-corrected chi connectivity index (χ0v) is 25.5. The number of benzene rings is 4. The van der Waals surface area contributed by atoms with E-state index in [0.717, 1.165) is 44.5 Å². The number of hydrogen-bond acceptors (Lipinski definition) is 4. The van der Waals surface area contributed by atoms with E-state index in [9.17, 15) is 18.9 Å². The summed E-state index contributed by atoms with van der Waals surface area (Å²) < 4.78 is 14.5. The van der Waals surface area contributed by atoms with Gasteiger partial charge in [-0.3, -0.25) is 14.4 Å². The van der Waals surface area contributed by atoms with Crippen molar-refractivity contribution in [1.82, 2.24) is 0 Å². The maximum Gasteiger partial charge on any atom is 0.248 e. The average molecular weight is 553 g/mol. The first kappa shape index (κ1) is 30.7. The van der Waals surface area contributed by atoms with E-state index in [-0.39, 0.29) is 11.1 Å². The number of hydrogen-bond donors (Lipinski definition) is 0. The number of carbonyl (C=O) groups excluding carboxylic acids is 3. The second-order valence-corrected chi connectivity index (χ2v) is 13.1. The number of carbonyl (C=O) groups is 3. The van der Waals surface area contributed by atoms with Crippen molar-refractivity contribution in [2.75, 3.05) is 0 Å². The highest BCUT2D eigenvalue weighted by Gasteiger charge is 2.44. The van der Waals surface area contributed by atoms with Crippen molar-refractivity contribution in [3.05, 3.63) is 134 Å². The van der Waals surface area contributed by atoms with Gasteiger partial charge in [0.05, 0.1) is 0 Å². The fourth-order valence-corrected chi connectivity index (χ4v) is 7.76. The Morgan fingerprint density at radius 2 is 0.950 bits per heavy atom. The van der Waals surface area contributed by atoms with Crippen LogP contribution in [0.3, 0.4) is 0 Å². The maximum atomic E-state index is 14.5. The summed E-state index contributed by atoms with van der Waals surface area (Å²) in [6, 6.07) is 23.6. The zero-order valence-electron chi connectivity index (χ0n) is 24.6. The van der Waals surface area contributed by atoms with Crippen molar-refractivity contribution in [2.45, 2.75) is 55.4 Å². The zero-order chi connectivity index (χ0) is 29.8. The minimum atomic E-state index is -4.11. The minimum Gasteiger partial charge on any atom is -0.302 e. The van der Waals surface area contributed by atoms with Gasteiger partial charge in [-0.15, -0.1) is 0 Å². The highest BCUT2D eigenvalue weighted by molar-refractivity contribution is 8.01. The molecule has 0 saturated heterocycles. The van der Waals surface area contributed by atoms with Gasteiger partial charge in [0.25, 0.3) is 0 Å². The smallest absolute Gasteiger partial charge is 0.248 e. The highest BCUT2D eigenvalue weighted by Crippen LogP contribution is 2.52. The molecule has 0 fully saturated rings. The molecule has 4 aromatic rings. The van der Waals surface area contributed by atoms with E-state index in [0.29, 0.717) is 11.1 Å². The van der Waals surface area contributed by atoms with Gasteiger partial charge < -0.3 is 4.57 Å². The van der Waals surface area contributed by atoms with E-state index in [1.165, 1.54) is 0 Å². The molecule has 0 aromatic heterocycles. The van der Waals surface area contributed by atoms with Gasteiger partial charge in [-0.05, 0) is 83.7 Å². The molecule has 0 N–H and O–H groups in total. The van der Waals surface area contributed by atoms with Crippen LogP contribution < -0.4 is 5.30 Å². The molecule has 0 amide bonds. The van der Waals surface area contributed by atoms with Gasteiger partial charge in [0.2, 0.25) is 18.2 Å². The van der Waals surface area contributed by atoms with Crippen LogP contribution in [0.15, 0.2) is 78.9 Å². The van der Waals surface area contributed by atoms with Crippen molar-refractivity contribution in [3.63, 3.8) is 0 Å². The Morgan fingerprint density at radius 3 is 1.30 bits per heavy atom. The summed E-state index contributed by atoms with van der Waals surface area (Å²) in [6.07, 6.45) is 0. The lowest BCUT2D eigenvalue weighted by molar-refractivity contribution is 0.101. The summed E-state index contributed by atoms with van der Waals surface area (Å²) in [6.45, 7) is 14.8. The molecule has 4 aromatic carbocycles. The van der Waals surface area contributed by atoms with Crippen LogP contribution in [0.2, 0.25) is 0 Å². The molecular weight excluding hydrogens is 515 g/mol. The average Bonchev–Trinajstić information content (AvgIpc) is 2.87. The molecule has 4 rings (SSSR count). The molecule has 0 unspecified atom stereocenters. The Morgan fingerprint density at radius 1 is 0.525 bits per heavy atom. The van der Waals surface area contributed by atoms with Gasteiger partial charge in [-0.2, -0.15) is 0 Å². The number of rotatable bonds is 6. The SMILES string of the molecule is CC(=O)c1cccc(C)c1.Cc1cc(C)c(C(=O)P(=O)(C(=O)c2c(C)cc(C)cc2C)c2ccccc2)c(C)c1. The molecule has 5 heteroatoms. The standard InChI is InChI=1S/C26H27O3P.C9H10O/c1-16-12-18(3)23(19(4)13-16)25(27)30(29,22-10-8-7-9-11-22)26(28)24-20(5)14-17(2)15-21(24)6;1-7-4-3-5-9(6-7)8(2)10/h7-15H,1-6H3;3-6H,1-2H3. The van der Waals surface area contributed by atoms with E-state index in [4.69, 9.17) is 0 Å². The van der Waals surface area contributed by atoms with Gasteiger partial charge in [-0.1, -0.05) is 89.5 Å². The van der Waals surface area contributed by atoms with Crippen LogP contribution in [0.5, 0.6) is 0 Å². The minimum absolute atomic E-state index is 0.128. The summed E-state index contributed by atoms with van der Waals surface area (Å²) in [5.74, 6) is 0.128. The van der Waals surface area contributed by atoms with Crippen LogP contribution in [-0.2, 0) is 4.57 Å². The highest BCUT2D eigenvalue weighted by atomic mass is 31.2. The molecule has 0 aliphatic rings. The quantitative estimate of drug-likeness (QED) is 0.178. The molecule has 0 heterocycles. The fourth-order valence-electron chi connectivity index (χ4n) is 5.18. The third kappa shape index (κ3) is 6.46. The fraction of sp³-hybridized carbons (Fsp3) is 0.229. The molecule has 40 heavy (non-hydrogen) atoms. The van der Waals surface area contributed by atoms with Crippen molar-refractivity contribution in [3.8, 4) is 0 Å². The van der Waals surface area contributed by atoms with Crippen LogP contribution in [-0.4, -0.2) is 16.8 Å². The topological polar surface area (TPSA) is 68.3 Å². The van der Waals surface area contributed by atoms with Crippen molar-refractivity contribution in [1.29, 1.82) is 0 Å². The Bertz CT molecular complexity index is 1530. The third-order valence-corrected chi connectivity index (χ3v) is 9.51. The Balaban J connectivity index is 0.000000371. The van der Waals surface area contributed by atoms with Gasteiger partial charge >= 0.3 is 0 Å². The van der Waals surface area contributed by atoms with Crippen LogP contribution in [0.4, 0.5) is 0 Å². The summed E-state index contributed by atoms with van der Waals surface area (Å²) in [7, 11) is -4.11. The molecule has 0 atom stereocenters. The second-order valence-electron chi connectivity index (χ2n) is 10.5. The molecule has 0 aliphatic heterocycles. The van der Waals surface area contributed by atoms with Crippen LogP contribution in [0.25, 0.3) is 0 Å².